The molecule has 0 bridgehead atoms. The van der Waals surface area contributed by atoms with Gasteiger partial charge in [-0.3, -0.25) is 9.48 Å². The molecule has 1 amide bonds. The first-order chi connectivity index (χ1) is 13.3. The van der Waals surface area contributed by atoms with Gasteiger partial charge in [0.2, 0.25) is 0 Å². The second kappa shape index (κ2) is 8.29. The third kappa shape index (κ3) is 4.42. The average molecular weight is 382 g/mol. The van der Waals surface area contributed by atoms with E-state index in [1.165, 1.54) is 0 Å². The number of aromatic nitrogens is 3. The summed E-state index contributed by atoms with van der Waals surface area (Å²) in [4.78, 5) is 14.9. The van der Waals surface area contributed by atoms with Gasteiger partial charge >= 0.3 is 0 Å². The summed E-state index contributed by atoms with van der Waals surface area (Å²) in [7, 11) is 1.87. The van der Waals surface area contributed by atoms with E-state index in [-0.39, 0.29) is 11.9 Å². The molecule has 0 aliphatic heterocycles. The molecule has 0 fully saturated rings. The van der Waals surface area contributed by atoms with Gasteiger partial charge < -0.3 is 14.2 Å². The van der Waals surface area contributed by atoms with Gasteiger partial charge in [0.15, 0.2) is 0 Å². The van der Waals surface area contributed by atoms with Gasteiger partial charge in [-0.25, -0.2) is 0 Å². The van der Waals surface area contributed by atoms with Gasteiger partial charge in [-0.2, -0.15) is 5.10 Å². The fourth-order valence-electron chi connectivity index (χ4n) is 2.99. The minimum Gasteiger partial charge on any atom is -0.489 e. The Morgan fingerprint density at radius 3 is 2.71 bits per heavy atom. The molecule has 0 saturated carbocycles. The lowest BCUT2D eigenvalue weighted by atomic mass is 10.1. The highest BCUT2D eigenvalue weighted by atomic mass is 16.5. The van der Waals surface area contributed by atoms with E-state index in [1.54, 1.807) is 16.9 Å². The molecular formula is C21H26N4O3. The van der Waals surface area contributed by atoms with Crippen molar-refractivity contribution < 1.29 is 14.1 Å². The molecule has 2 heterocycles. The van der Waals surface area contributed by atoms with Crippen LogP contribution in [0.2, 0.25) is 0 Å². The van der Waals surface area contributed by atoms with Gasteiger partial charge in [0.1, 0.15) is 18.1 Å². The molecule has 148 valence electrons. The molecule has 0 saturated heterocycles. The average Bonchev–Trinajstić information content (AvgIpc) is 3.22. The number of carbonyl (C=O) groups excluding carboxylic acids is 1. The van der Waals surface area contributed by atoms with Crippen LogP contribution < -0.4 is 4.74 Å². The van der Waals surface area contributed by atoms with Gasteiger partial charge in [-0.15, -0.1) is 0 Å². The Kier molecular flexibility index (Phi) is 5.82. The van der Waals surface area contributed by atoms with Crippen LogP contribution in [0, 0.1) is 13.8 Å². The zero-order chi connectivity index (χ0) is 20.3. The van der Waals surface area contributed by atoms with Crippen molar-refractivity contribution >= 4 is 5.91 Å². The van der Waals surface area contributed by atoms with E-state index in [4.69, 9.17) is 9.26 Å². The molecule has 7 heteroatoms. The SMILES string of the molecule is Cc1noc(C)c1COc1cccc(C(=O)N(Cc2cnn(C)c2)C(C)C)c1. The highest BCUT2D eigenvalue weighted by Gasteiger charge is 2.20. The van der Waals surface area contributed by atoms with E-state index >= 15 is 0 Å². The molecule has 0 unspecified atom stereocenters. The number of carbonyl (C=O) groups is 1. The number of aryl methyl sites for hydroxylation is 3. The Morgan fingerprint density at radius 1 is 1.32 bits per heavy atom. The highest BCUT2D eigenvalue weighted by Crippen LogP contribution is 2.20. The molecule has 7 nitrogen and oxygen atoms in total. The van der Waals surface area contributed by atoms with Crippen LogP contribution >= 0.6 is 0 Å². The first-order valence-electron chi connectivity index (χ1n) is 9.28. The summed E-state index contributed by atoms with van der Waals surface area (Å²) in [6.45, 7) is 8.61. The van der Waals surface area contributed by atoms with E-state index in [9.17, 15) is 4.79 Å². The molecule has 0 radical (unpaired) electrons. The maximum absolute atomic E-state index is 13.1. The van der Waals surface area contributed by atoms with Gasteiger partial charge in [0.05, 0.1) is 17.5 Å². The molecule has 0 atom stereocenters. The predicted octanol–water partition coefficient (Wildman–Crippen LogP) is 3.65. The van der Waals surface area contributed by atoms with Crippen LogP contribution in [0.4, 0.5) is 0 Å². The number of hydrogen-bond donors (Lipinski definition) is 0. The molecule has 0 aliphatic rings. The maximum atomic E-state index is 13.1. The van der Waals surface area contributed by atoms with Crippen LogP contribution in [0.15, 0.2) is 41.2 Å². The second-order valence-corrected chi connectivity index (χ2v) is 7.17. The van der Waals surface area contributed by atoms with Crippen molar-refractivity contribution in [3.05, 3.63) is 64.8 Å². The van der Waals surface area contributed by atoms with Crippen molar-refractivity contribution in [3.8, 4) is 5.75 Å². The maximum Gasteiger partial charge on any atom is 0.254 e. The van der Waals surface area contributed by atoms with Crippen LogP contribution in [-0.4, -0.2) is 31.8 Å². The molecule has 0 aliphatic carbocycles. The molecule has 1 aromatic carbocycles. The highest BCUT2D eigenvalue weighted by molar-refractivity contribution is 5.94. The van der Waals surface area contributed by atoms with E-state index in [0.717, 1.165) is 22.6 Å². The van der Waals surface area contributed by atoms with Crippen molar-refractivity contribution in [2.45, 2.75) is 46.9 Å². The number of rotatable bonds is 7. The summed E-state index contributed by atoms with van der Waals surface area (Å²) in [6.07, 6.45) is 3.71. The fourth-order valence-corrected chi connectivity index (χ4v) is 2.99. The van der Waals surface area contributed by atoms with Crippen LogP contribution in [0.3, 0.4) is 0 Å². The van der Waals surface area contributed by atoms with Crippen LogP contribution in [-0.2, 0) is 20.2 Å². The largest absolute Gasteiger partial charge is 0.489 e. The Labute approximate surface area is 164 Å². The summed E-state index contributed by atoms with van der Waals surface area (Å²) < 4.78 is 12.8. The van der Waals surface area contributed by atoms with E-state index < -0.39 is 0 Å². The Hall–Kier alpha value is -3.09. The van der Waals surface area contributed by atoms with Gasteiger partial charge in [0.25, 0.3) is 5.91 Å². The number of ether oxygens (including phenoxy) is 1. The fraction of sp³-hybridized carbons (Fsp3) is 0.381. The summed E-state index contributed by atoms with van der Waals surface area (Å²) >= 11 is 0. The van der Waals surface area contributed by atoms with Crippen LogP contribution in [0.25, 0.3) is 0 Å². The monoisotopic (exact) mass is 382 g/mol. The van der Waals surface area contributed by atoms with E-state index in [0.29, 0.717) is 24.5 Å². The molecule has 3 aromatic rings. The van der Waals surface area contributed by atoms with Crippen molar-refractivity contribution in [1.29, 1.82) is 0 Å². The lowest BCUT2D eigenvalue weighted by molar-refractivity contribution is 0.0690. The summed E-state index contributed by atoms with van der Waals surface area (Å²) in [5, 5.41) is 8.12. The lowest BCUT2D eigenvalue weighted by Crippen LogP contribution is -2.36. The summed E-state index contributed by atoms with van der Waals surface area (Å²) in [5.41, 5.74) is 3.33. The molecule has 0 spiro atoms. The molecule has 28 heavy (non-hydrogen) atoms. The van der Waals surface area contributed by atoms with Gasteiger partial charge in [-0.1, -0.05) is 11.2 Å². The number of nitrogens with zero attached hydrogens (tertiary/aromatic N) is 4. The topological polar surface area (TPSA) is 73.4 Å². The standard InChI is InChI=1S/C21H26N4O3/c1-14(2)25(12-17-10-22-24(5)11-17)21(26)18-7-6-8-19(9-18)27-13-20-15(3)23-28-16(20)4/h6-11,14H,12-13H2,1-5H3. The van der Waals surface area contributed by atoms with Crippen LogP contribution in [0.5, 0.6) is 5.75 Å². The molecule has 0 N–H and O–H groups in total. The van der Waals surface area contributed by atoms with Crippen LogP contribution in [0.1, 0.15) is 46.8 Å². The number of benzene rings is 1. The van der Waals surface area contributed by atoms with Crippen molar-refractivity contribution in [1.82, 2.24) is 19.8 Å². The Balaban J connectivity index is 1.74. The normalized spacial score (nSPS) is 11.1. The van der Waals surface area contributed by atoms with E-state index in [1.807, 2.05) is 64.0 Å². The lowest BCUT2D eigenvalue weighted by Gasteiger charge is -2.26. The van der Waals surface area contributed by atoms with Gasteiger partial charge in [-0.05, 0) is 45.9 Å². The van der Waals surface area contributed by atoms with Crippen molar-refractivity contribution in [2.24, 2.45) is 7.05 Å². The third-order valence-electron chi connectivity index (χ3n) is 4.64. The number of amides is 1. The first-order valence-corrected chi connectivity index (χ1v) is 9.28. The minimum absolute atomic E-state index is 0.0401. The molecular weight excluding hydrogens is 356 g/mol. The zero-order valence-corrected chi connectivity index (χ0v) is 17.0. The Bertz CT molecular complexity index is 939. The number of hydrogen-bond acceptors (Lipinski definition) is 5. The van der Waals surface area contributed by atoms with E-state index in [2.05, 4.69) is 10.3 Å². The summed E-state index contributed by atoms with van der Waals surface area (Å²) in [6, 6.07) is 7.32. The zero-order valence-electron chi connectivity index (χ0n) is 17.0. The first kappa shape index (κ1) is 19.7. The smallest absolute Gasteiger partial charge is 0.254 e. The predicted molar refractivity (Wildman–Crippen MR) is 105 cm³/mol. The van der Waals surface area contributed by atoms with Crippen molar-refractivity contribution in [3.63, 3.8) is 0 Å². The van der Waals surface area contributed by atoms with Gasteiger partial charge in [0, 0.05) is 37.0 Å². The third-order valence-corrected chi connectivity index (χ3v) is 4.64. The molecule has 3 rings (SSSR count). The minimum atomic E-state index is -0.0401. The second-order valence-electron chi connectivity index (χ2n) is 7.17. The molecule has 2 aromatic heterocycles. The Morgan fingerprint density at radius 2 is 2.11 bits per heavy atom. The quantitative estimate of drug-likeness (QED) is 0.623. The summed E-state index contributed by atoms with van der Waals surface area (Å²) in [5.74, 6) is 1.34. The van der Waals surface area contributed by atoms with Crippen molar-refractivity contribution in [2.75, 3.05) is 0 Å².